The van der Waals surface area contributed by atoms with E-state index in [0.29, 0.717) is 0 Å². The van der Waals surface area contributed by atoms with Gasteiger partial charge in [0.1, 0.15) is 0 Å². The first-order valence-corrected chi connectivity index (χ1v) is 10.0. The Kier molecular flexibility index (Phi) is 5.63. The molecule has 1 aliphatic heterocycles. The molecule has 1 heterocycles. The fourth-order valence-corrected chi connectivity index (χ4v) is 3.89. The molecule has 7 heteroatoms. The van der Waals surface area contributed by atoms with E-state index in [2.05, 4.69) is 15.1 Å². The van der Waals surface area contributed by atoms with E-state index < -0.39 is 4.92 Å². The number of hydrogen-bond acceptors (Lipinski definition) is 5. The molecule has 154 valence electrons. The molecule has 0 bridgehead atoms. The van der Waals surface area contributed by atoms with E-state index >= 15 is 0 Å². The first kappa shape index (κ1) is 19.8. The van der Waals surface area contributed by atoms with Crippen molar-refractivity contribution < 1.29 is 9.72 Å². The van der Waals surface area contributed by atoms with Crippen molar-refractivity contribution in [3.8, 4) is 0 Å². The predicted molar refractivity (Wildman–Crippen MR) is 119 cm³/mol. The number of piperazine rings is 1. The molecular weight excluding hydrogens is 380 g/mol. The van der Waals surface area contributed by atoms with Gasteiger partial charge in [-0.3, -0.25) is 19.8 Å². The van der Waals surface area contributed by atoms with Gasteiger partial charge in [-0.05, 0) is 30.5 Å². The van der Waals surface area contributed by atoms with Crippen molar-refractivity contribution in [3.63, 3.8) is 0 Å². The highest BCUT2D eigenvalue weighted by Crippen LogP contribution is 2.24. The number of anilines is 2. The summed E-state index contributed by atoms with van der Waals surface area (Å²) in [7, 11) is 0. The molecule has 30 heavy (non-hydrogen) atoms. The molecule has 0 aliphatic carbocycles. The molecule has 3 aromatic carbocycles. The van der Waals surface area contributed by atoms with E-state index in [4.69, 9.17) is 0 Å². The van der Waals surface area contributed by atoms with Gasteiger partial charge >= 0.3 is 0 Å². The number of non-ortho nitro benzene ring substituents is 1. The number of nitro benzene ring substituents is 1. The summed E-state index contributed by atoms with van der Waals surface area (Å²) in [6.45, 7) is 4.97. The second-order valence-electron chi connectivity index (χ2n) is 7.49. The van der Waals surface area contributed by atoms with Crippen LogP contribution in [-0.4, -0.2) is 48.0 Å². The van der Waals surface area contributed by atoms with Crippen LogP contribution in [-0.2, 0) is 4.79 Å². The van der Waals surface area contributed by atoms with E-state index in [-0.39, 0.29) is 17.6 Å². The molecule has 7 nitrogen and oxygen atoms in total. The summed E-state index contributed by atoms with van der Waals surface area (Å²) in [6, 6.07) is 20.3. The third kappa shape index (κ3) is 4.11. The Hall–Kier alpha value is -3.45. The summed E-state index contributed by atoms with van der Waals surface area (Å²) in [5.74, 6) is -0.0184. The normalized spacial score (nSPS) is 15.7. The number of carbonyl (C=O) groups is 1. The van der Waals surface area contributed by atoms with Crippen LogP contribution in [0.15, 0.2) is 66.7 Å². The third-order valence-corrected chi connectivity index (χ3v) is 5.71. The minimum atomic E-state index is -0.391. The molecule has 1 atom stereocenters. The molecule has 1 saturated heterocycles. The molecule has 0 aromatic heterocycles. The number of nitrogens with one attached hydrogen (secondary N) is 1. The van der Waals surface area contributed by atoms with Crippen molar-refractivity contribution >= 4 is 33.7 Å². The lowest BCUT2D eigenvalue weighted by atomic mass is 10.1. The Morgan fingerprint density at radius 3 is 2.33 bits per heavy atom. The molecule has 1 aliphatic rings. The summed E-state index contributed by atoms with van der Waals surface area (Å²) in [5.41, 5.74) is 1.89. The van der Waals surface area contributed by atoms with Gasteiger partial charge in [0.15, 0.2) is 0 Å². The Balaban J connectivity index is 1.37. The molecule has 3 aromatic rings. The number of fused-ring (bicyclic) bond motifs is 1. The minimum Gasteiger partial charge on any atom is -0.369 e. The van der Waals surface area contributed by atoms with E-state index in [1.165, 1.54) is 12.1 Å². The zero-order chi connectivity index (χ0) is 21.1. The van der Waals surface area contributed by atoms with E-state index in [1.807, 2.05) is 49.4 Å². The molecule has 4 rings (SSSR count). The average Bonchev–Trinajstić information content (AvgIpc) is 2.79. The lowest BCUT2D eigenvalue weighted by Crippen LogP contribution is -2.52. The van der Waals surface area contributed by atoms with Crippen LogP contribution in [0.1, 0.15) is 6.92 Å². The van der Waals surface area contributed by atoms with Gasteiger partial charge in [0, 0.05) is 55.1 Å². The lowest BCUT2D eigenvalue weighted by molar-refractivity contribution is -0.384. The number of nitrogens with zero attached hydrogens (tertiary/aromatic N) is 3. The highest BCUT2D eigenvalue weighted by molar-refractivity contribution is 6.03. The van der Waals surface area contributed by atoms with Crippen LogP contribution in [0.4, 0.5) is 17.1 Å². The van der Waals surface area contributed by atoms with Crippen molar-refractivity contribution in [2.75, 3.05) is 36.4 Å². The van der Waals surface area contributed by atoms with Gasteiger partial charge in [0.05, 0.1) is 11.0 Å². The van der Waals surface area contributed by atoms with E-state index in [0.717, 1.165) is 48.3 Å². The molecule has 1 amide bonds. The summed E-state index contributed by atoms with van der Waals surface area (Å²) in [4.78, 5) is 27.7. The van der Waals surface area contributed by atoms with Crippen molar-refractivity contribution in [1.29, 1.82) is 0 Å². The van der Waals surface area contributed by atoms with Crippen molar-refractivity contribution in [2.45, 2.75) is 13.0 Å². The fraction of sp³-hybridized carbons (Fsp3) is 0.261. The first-order valence-electron chi connectivity index (χ1n) is 10.0. The predicted octanol–water partition coefficient (Wildman–Crippen LogP) is 3.90. The van der Waals surface area contributed by atoms with Gasteiger partial charge < -0.3 is 10.2 Å². The van der Waals surface area contributed by atoms with Crippen LogP contribution in [0.25, 0.3) is 10.8 Å². The quantitative estimate of drug-likeness (QED) is 0.515. The Morgan fingerprint density at radius 2 is 1.63 bits per heavy atom. The standard InChI is InChI=1S/C23H24N4O3/c1-17(23(28)24-22-8-4-6-18-5-2-3-7-21(18)22)25-13-15-26(16-14-25)19-9-11-20(12-10-19)27(29)30/h2-12,17H,13-16H2,1H3,(H,24,28). The maximum Gasteiger partial charge on any atom is 0.269 e. The number of benzene rings is 3. The molecule has 0 radical (unpaired) electrons. The SMILES string of the molecule is CC(C(=O)Nc1cccc2ccccc12)N1CCN(c2ccc([N+](=O)[O-])cc2)CC1. The summed E-state index contributed by atoms with van der Waals surface area (Å²) >= 11 is 0. The van der Waals surface area contributed by atoms with Gasteiger partial charge in [0.2, 0.25) is 5.91 Å². The molecule has 1 fully saturated rings. The molecular formula is C23H24N4O3. The zero-order valence-corrected chi connectivity index (χ0v) is 16.8. The Morgan fingerprint density at radius 1 is 0.967 bits per heavy atom. The van der Waals surface area contributed by atoms with Gasteiger partial charge in [-0.2, -0.15) is 0 Å². The molecule has 0 spiro atoms. The van der Waals surface area contributed by atoms with Crippen molar-refractivity contribution in [3.05, 3.63) is 76.8 Å². The number of nitro groups is 1. The van der Waals surface area contributed by atoms with Gasteiger partial charge in [0.25, 0.3) is 5.69 Å². The van der Waals surface area contributed by atoms with Crippen LogP contribution in [0.5, 0.6) is 0 Å². The topological polar surface area (TPSA) is 78.7 Å². The lowest BCUT2D eigenvalue weighted by Gasteiger charge is -2.38. The highest BCUT2D eigenvalue weighted by Gasteiger charge is 2.26. The zero-order valence-electron chi connectivity index (χ0n) is 16.8. The van der Waals surface area contributed by atoms with Crippen molar-refractivity contribution in [2.24, 2.45) is 0 Å². The largest absolute Gasteiger partial charge is 0.369 e. The average molecular weight is 404 g/mol. The smallest absolute Gasteiger partial charge is 0.269 e. The molecule has 1 unspecified atom stereocenters. The van der Waals surface area contributed by atoms with Crippen LogP contribution in [0.3, 0.4) is 0 Å². The molecule has 1 N–H and O–H groups in total. The number of amides is 1. The summed E-state index contributed by atoms with van der Waals surface area (Å²) < 4.78 is 0. The van der Waals surface area contributed by atoms with Crippen LogP contribution in [0, 0.1) is 10.1 Å². The van der Waals surface area contributed by atoms with E-state index in [9.17, 15) is 14.9 Å². The summed E-state index contributed by atoms with van der Waals surface area (Å²) in [5, 5.41) is 16.0. The first-order chi connectivity index (χ1) is 14.5. The maximum absolute atomic E-state index is 12.9. The maximum atomic E-state index is 12.9. The number of hydrogen-bond donors (Lipinski definition) is 1. The number of rotatable bonds is 5. The second-order valence-corrected chi connectivity index (χ2v) is 7.49. The van der Waals surface area contributed by atoms with E-state index in [1.54, 1.807) is 12.1 Å². The minimum absolute atomic E-state index is 0.0184. The van der Waals surface area contributed by atoms with Gasteiger partial charge in [-0.15, -0.1) is 0 Å². The Bertz CT molecular complexity index is 1050. The summed E-state index contributed by atoms with van der Waals surface area (Å²) in [6.07, 6.45) is 0. The van der Waals surface area contributed by atoms with Crippen molar-refractivity contribution in [1.82, 2.24) is 4.90 Å². The van der Waals surface area contributed by atoms with Crippen LogP contribution >= 0.6 is 0 Å². The Labute approximate surface area is 175 Å². The fourth-order valence-electron chi connectivity index (χ4n) is 3.89. The highest BCUT2D eigenvalue weighted by atomic mass is 16.6. The third-order valence-electron chi connectivity index (χ3n) is 5.71. The molecule has 0 saturated carbocycles. The second kappa shape index (κ2) is 8.51. The van der Waals surface area contributed by atoms with Crippen LogP contribution in [0.2, 0.25) is 0 Å². The number of carbonyl (C=O) groups excluding carboxylic acids is 1. The van der Waals surface area contributed by atoms with Crippen LogP contribution < -0.4 is 10.2 Å². The van der Waals surface area contributed by atoms with Gasteiger partial charge in [-0.1, -0.05) is 36.4 Å². The van der Waals surface area contributed by atoms with Gasteiger partial charge in [-0.25, -0.2) is 0 Å². The monoisotopic (exact) mass is 404 g/mol.